The summed E-state index contributed by atoms with van der Waals surface area (Å²) in [4.78, 5) is 0. The minimum absolute atomic E-state index is 0.203. The quantitative estimate of drug-likeness (QED) is 0.876. The minimum Gasteiger partial charge on any atom is -0.497 e. The molecular formula is C16H17BrFNO2. The highest BCUT2D eigenvalue weighted by molar-refractivity contribution is 9.10. The maximum Gasteiger partial charge on any atom is 0.165 e. The number of hydrogen-bond acceptors (Lipinski definition) is 3. The van der Waals surface area contributed by atoms with Crippen LogP contribution in [0.5, 0.6) is 11.5 Å². The molecule has 0 aliphatic carbocycles. The van der Waals surface area contributed by atoms with Gasteiger partial charge >= 0.3 is 0 Å². The van der Waals surface area contributed by atoms with Crippen molar-refractivity contribution in [3.8, 4) is 11.5 Å². The lowest BCUT2D eigenvalue weighted by atomic mass is 10.1. The van der Waals surface area contributed by atoms with Crippen molar-refractivity contribution in [2.24, 2.45) is 5.73 Å². The van der Waals surface area contributed by atoms with Crippen LogP contribution in [0.2, 0.25) is 0 Å². The molecule has 21 heavy (non-hydrogen) atoms. The third-order valence-corrected chi connectivity index (χ3v) is 3.89. The topological polar surface area (TPSA) is 44.5 Å². The zero-order valence-corrected chi connectivity index (χ0v) is 13.5. The van der Waals surface area contributed by atoms with Crippen molar-refractivity contribution in [2.45, 2.75) is 19.6 Å². The van der Waals surface area contributed by atoms with E-state index in [-0.39, 0.29) is 18.4 Å². The summed E-state index contributed by atoms with van der Waals surface area (Å²) in [6.45, 7) is 2.05. The molecule has 112 valence electrons. The third kappa shape index (κ3) is 3.95. The minimum atomic E-state index is -0.413. The SMILES string of the molecule is COc1ccc(Br)c(COc2ccc([C@@H](C)N)cc2F)c1. The summed E-state index contributed by atoms with van der Waals surface area (Å²) >= 11 is 3.44. The molecule has 0 saturated heterocycles. The number of hydrogen-bond donors (Lipinski definition) is 1. The lowest BCUT2D eigenvalue weighted by Gasteiger charge is -2.12. The second kappa shape index (κ2) is 6.91. The molecule has 0 spiro atoms. The maximum atomic E-state index is 13.9. The summed E-state index contributed by atoms with van der Waals surface area (Å²) in [7, 11) is 1.60. The first-order valence-corrected chi connectivity index (χ1v) is 7.31. The van der Waals surface area contributed by atoms with Crippen LogP contribution >= 0.6 is 15.9 Å². The number of nitrogens with two attached hydrogens (primary N) is 1. The van der Waals surface area contributed by atoms with Crippen molar-refractivity contribution in [1.82, 2.24) is 0 Å². The van der Waals surface area contributed by atoms with Crippen LogP contribution in [-0.4, -0.2) is 7.11 Å². The first kappa shape index (κ1) is 15.8. The Morgan fingerprint density at radius 3 is 2.62 bits per heavy atom. The summed E-state index contributed by atoms with van der Waals surface area (Å²) in [5.74, 6) is 0.516. The van der Waals surface area contributed by atoms with E-state index in [2.05, 4.69) is 15.9 Å². The van der Waals surface area contributed by atoms with Gasteiger partial charge in [-0.05, 0) is 42.8 Å². The molecular weight excluding hydrogens is 337 g/mol. The van der Waals surface area contributed by atoms with Gasteiger partial charge in [0.1, 0.15) is 12.4 Å². The number of halogens is 2. The normalized spacial score (nSPS) is 12.0. The van der Waals surface area contributed by atoms with Gasteiger partial charge in [0.15, 0.2) is 11.6 Å². The van der Waals surface area contributed by atoms with Gasteiger partial charge in [-0.1, -0.05) is 22.0 Å². The molecule has 0 unspecified atom stereocenters. The zero-order valence-electron chi connectivity index (χ0n) is 11.9. The van der Waals surface area contributed by atoms with E-state index in [0.29, 0.717) is 0 Å². The van der Waals surface area contributed by atoms with Crippen molar-refractivity contribution in [3.05, 3.63) is 57.8 Å². The van der Waals surface area contributed by atoms with Gasteiger partial charge in [-0.3, -0.25) is 0 Å². The highest BCUT2D eigenvalue weighted by Gasteiger charge is 2.09. The Morgan fingerprint density at radius 2 is 2.00 bits per heavy atom. The summed E-state index contributed by atoms with van der Waals surface area (Å²) in [5.41, 5.74) is 7.34. The van der Waals surface area contributed by atoms with Crippen LogP contribution < -0.4 is 15.2 Å². The van der Waals surface area contributed by atoms with Gasteiger partial charge in [-0.15, -0.1) is 0 Å². The summed E-state index contributed by atoms with van der Waals surface area (Å²) < 4.78 is 25.5. The second-order valence-electron chi connectivity index (χ2n) is 4.72. The van der Waals surface area contributed by atoms with Crippen molar-refractivity contribution in [1.29, 1.82) is 0 Å². The maximum absolute atomic E-state index is 13.9. The zero-order chi connectivity index (χ0) is 15.4. The Kier molecular flexibility index (Phi) is 5.20. The fourth-order valence-electron chi connectivity index (χ4n) is 1.86. The van der Waals surface area contributed by atoms with E-state index in [9.17, 15) is 4.39 Å². The van der Waals surface area contributed by atoms with Crippen LogP contribution in [-0.2, 0) is 6.61 Å². The molecule has 2 N–H and O–H groups in total. The molecule has 0 aliphatic heterocycles. The van der Waals surface area contributed by atoms with Crippen molar-refractivity contribution in [3.63, 3.8) is 0 Å². The average molecular weight is 354 g/mol. The molecule has 2 aromatic carbocycles. The number of ether oxygens (including phenoxy) is 2. The molecule has 0 radical (unpaired) electrons. The van der Waals surface area contributed by atoms with Crippen LogP contribution in [0.25, 0.3) is 0 Å². The van der Waals surface area contributed by atoms with Gasteiger partial charge in [-0.25, -0.2) is 4.39 Å². The van der Waals surface area contributed by atoms with Gasteiger partial charge in [-0.2, -0.15) is 0 Å². The first-order valence-electron chi connectivity index (χ1n) is 6.51. The van der Waals surface area contributed by atoms with E-state index in [1.807, 2.05) is 25.1 Å². The molecule has 1 atom stereocenters. The van der Waals surface area contributed by atoms with Crippen LogP contribution in [0, 0.1) is 5.82 Å². The highest BCUT2D eigenvalue weighted by Crippen LogP contribution is 2.26. The fourth-order valence-corrected chi connectivity index (χ4v) is 2.22. The molecule has 0 heterocycles. The molecule has 0 aromatic heterocycles. The van der Waals surface area contributed by atoms with Crippen LogP contribution in [0.3, 0.4) is 0 Å². The summed E-state index contributed by atoms with van der Waals surface area (Å²) in [6, 6.07) is 10.1. The Balaban J connectivity index is 2.13. The third-order valence-electron chi connectivity index (χ3n) is 3.12. The van der Waals surface area contributed by atoms with Crippen molar-refractivity contribution in [2.75, 3.05) is 7.11 Å². The van der Waals surface area contributed by atoms with Gasteiger partial charge in [0.25, 0.3) is 0 Å². The van der Waals surface area contributed by atoms with Gasteiger partial charge in [0.2, 0.25) is 0 Å². The van der Waals surface area contributed by atoms with Crippen LogP contribution in [0.4, 0.5) is 4.39 Å². The lowest BCUT2D eigenvalue weighted by molar-refractivity contribution is 0.288. The van der Waals surface area contributed by atoms with E-state index in [0.717, 1.165) is 21.3 Å². The van der Waals surface area contributed by atoms with E-state index in [4.69, 9.17) is 15.2 Å². The van der Waals surface area contributed by atoms with Crippen LogP contribution in [0.1, 0.15) is 24.1 Å². The summed E-state index contributed by atoms with van der Waals surface area (Å²) in [5, 5.41) is 0. The molecule has 2 rings (SSSR count). The smallest absolute Gasteiger partial charge is 0.165 e. The number of methoxy groups -OCH3 is 1. The number of rotatable bonds is 5. The summed E-state index contributed by atoms with van der Waals surface area (Å²) in [6.07, 6.45) is 0. The molecule has 3 nitrogen and oxygen atoms in total. The average Bonchev–Trinajstić information content (AvgIpc) is 2.47. The van der Waals surface area contributed by atoms with E-state index in [1.54, 1.807) is 19.2 Å². The predicted molar refractivity (Wildman–Crippen MR) is 84.0 cm³/mol. The Labute approximate surface area is 132 Å². The highest BCUT2D eigenvalue weighted by atomic mass is 79.9. The van der Waals surface area contributed by atoms with Gasteiger partial charge in [0.05, 0.1) is 7.11 Å². The largest absolute Gasteiger partial charge is 0.497 e. The molecule has 2 aromatic rings. The lowest BCUT2D eigenvalue weighted by Crippen LogP contribution is -2.06. The molecule has 0 fully saturated rings. The molecule has 0 aliphatic rings. The van der Waals surface area contributed by atoms with Gasteiger partial charge < -0.3 is 15.2 Å². The fraction of sp³-hybridized carbons (Fsp3) is 0.250. The second-order valence-corrected chi connectivity index (χ2v) is 5.58. The Morgan fingerprint density at radius 1 is 1.24 bits per heavy atom. The standard InChI is InChI=1S/C16H17BrFNO2/c1-10(19)11-3-6-16(15(18)8-11)21-9-12-7-13(20-2)4-5-14(12)17/h3-8,10H,9,19H2,1-2H3/t10-/m1/s1. The van der Waals surface area contributed by atoms with E-state index >= 15 is 0 Å². The Bertz CT molecular complexity index is 632. The first-order chi connectivity index (χ1) is 10.0. The molecule has 0 bridgehead atoms. The molecule has 0 amide bonds. The van der Waals surface area contributed by atoms with E-state index < -0.39 is 5.82 Å². The van der Waals surface area contributed by atoms with Crippen molar-refractivity contribution >= 4 is 15.9 Å². The van der Waals surface area contributed by atoms with Gasteiger partial charge in [0, 0.05) is 16.1 Å². The molecule has 5 heteroatoms. The monoisotopic (exact) mass is 353 g/mol. The van der Waals surface area contributed by atoms with Crippen molar-refractivity contribution < 1.29 is 13.9 Å². The predicted octanol–water partition coefficient (Wildman–Crippen LogP) is 4.20. The Hall–Kier alpha value is -1.59. The van der Waals surface area contributed by atoms with Crippen LogP contribution in [0.15, 0.2) is 40.9 Å². The van der Waals surface area contributed by atoms with E-state index in [1.165, 1.54) is 6.07 Å². The number of benzene rings is 2. The molecule has 0 saturated carbocycles.